The summed E-state index contributed by atoms with van der Waals surface area (Å²) in [6.07, 6.45) is 9.43. The van der Waals surface area contributed by atoms with Crippen LogP contribution in [0, 0.1) is 0 Å². The Hall–Kier alpha value is -0.930. The molecule has 0 fully saturated rings. The topological polar surface area (TPSA) is 26.3 Å². The summed E-state index contributed by atoms with van der Waals surface area (Å²) >= 11 is 0. The molecule has 0 aromatic heterocycles. The van der Waals surface area contributed by atoms with Crippen molar-refractivity contribution in [2.24, 2.45) is 0 Å². The van der Waals surface area contributed by atoms with Gasteiger partial charge >= 0.3 is 5.97 Å². The molecule has 18 heavy (non-hydrogen) atoms. The van der Waals surface area contributed by atoms with Crippen molar-refractivity contribution in [1.82, 2.24) is 0 Å². The van der Waals surface area contributed by atoms with E-state index in [4.69, 9.17) is 4.74 Å². The summed E-state index contributed by atoms with van der Waals surface area (Å²) in [6.45, 7) is 2.81. The first-order chi connectivity index (χ1) is 8.42. The summed E-state index contributed by atoms with van der Waals surface area (Å²) in [5.41, 5.74) is 0. The molecule has 0 aliphatic heterocycles. The number of hydrogen-bond acceptors (Lipinski definition) is 2. The van der Waals surface area contributed by atoms with E-state index in [1.807, 2.05) is 0 Å². The molecule has 0 bridgehead atoms. The molecule has 0 aromatic rings. The number of rotatable bonds is 10. The molecule has 0 saturated carbocycles. The van der Waals surface area contributed by atoms with E-state index in [2.05, 4.69) is 0 Å². The van der Waals surface area contributed by atoms with Gasteiger partial charge in [0, 0.05) is 13.8 Å². The van der Waals surface area contributed by atoms with Gasteiger partial charge in [-0.1, -0.05) is 31.8 Å². The van der Waals surface area contributed by atoms with Crippen LogP contribution in [0.4, 0.5) is 8.78 Å². The standard InChI is InChI=1S/C14H24F2O2/c1-13(17)18-12-10-8-6-4-3-5-7-9-11-14(2,15)16/h9,11H,3-8,10,12H2,1-2H3/b11-9+. The highest BCUT2D eigenvalue weighted by atomic mass is 19.3. The first-order valence-corrected chi connectivity index (χ1v) is 6.61. The van der Waals surface area contributed by atoms with Crippen molar-refractivity contribution >= 4 is 5.97 Å². The number of unbranched alkanes of at least 4 members (excludes halogenated alkanes) is 6. The van der Waals surface area contributed by atoms with Crippen LogP contribution in [0.2, 0.25) is 0 Å². The minimum atomic E-state index is -2.68. The number of halogens is 2. The zero-order chi connectivity index (χ0) is 13.9. The quantitative estimate of drug-likeness (QED) is 0.329. The Labute approximate surface area is 108 Å². The molecule has 2 nitrogen and oxygen atoms in total. The average molecular weight is 262 g/mol. The van der Waals surface area contributed by atoms with Crippen molar-refractivity contribution < 1.29 is 18.3 Å². The van der Waals surface area contributed by atoms with Crippen molar-refractivity contribution in [3.05, 3.63) is 12.2 Å². The van der Waals surface area contributed by atoms with Crippen LogP contribution in [0.1, 0.15) is 58.8 Å². The second-order valence-electron chi connectivity index (χ2n) is 4.61. The highest BCUT2D eigenvalue weighted by molar-refractivity contribution is 5.65. The molecular formula is C14H24F2O2. The predicted octanol–water partition coefficient (Wildman–Crippen LogP) is 4.49. The van der Waals surface area contributed by atoms with Gasteiger partial charge in [0.15, 0.2) is 0 Å². The molecule has 0 aliphatic carbocycles. The fourth-order valence-electron chi connectivity index (χ4n) is 1.58. The largest absolute Gasteiger partial charge is 0.466 e. The second kappa shape index (κ2) is 10.0. The molecule has 0 rings (SSSR count). The van der Waals surface area contributed by atoms with Gasteiger partial charge in [-0.05, 0) is 25.3 Å². The zero-order valence-corrected chi connectivity index (χ0v) is 11.4. The monoisotopic (exact) mass is 262 g/mol. The van der Waals surface area contributed by atoms with Gasteiger partial charge in [-0.3, -0.25) is 4.79 Å². The number of alkyl halides is 2. The molecule has 106 valence electrons. The lowest BCUT2D eigenvalue weighted by Gasteiger charge is -2.03. The normalized spacial score (nSPS) is 12.0. The summed E-state index contributed by atoms with van der Waals surface area (Å²) in [5, 5.41) is 0. The maximum Gasteiger partial charge on any atom is 0.302 e. The first kappa shape index (κ1) is 17.1. The van der Waals surface area contributed by atoms with Crippen molar-refractivity contribution in [2.75, 3.05) is 6.61 Å². The number of carbonyl (C=O) groups excluding carboxylic acids is 1. The lowest BCUT2D eigenvalue weighted by Crippen LogP contribution is -2.02. The molecule has 0 amide bonds. The lowest BCUT2D eigenvalue weighted by molar-refractivity contribution is -0.141. The summed E-state index contributed by atoms with van der Waals surface area (Å²) in [5.74, 6) is -2.91. The highest BCUT2D eigenvalue weighted by Gasteiger charge is 2.14. The minimum absolute atomic E-state index is 0.227. The number of allylic oxidation sites excluding steroid dienone is 2. The third kappa shape index (κ3) is 15.1. The Morgan fingerprint density at radius 2 is 1.67 bits per heavy atom. The molecule has 0 radical (unpaired) electrons. The van der Waals surface area contributed by atoms with Crippen LogP contribution in [0.15, 0.2) is 12.2 Å². The van der Waals surface area contributed by atoms with Crippen LogP contribution in [0.3, 0.4) is 0 Å². The van der Waals surface area contributed by atoms with Gasteiger partial charge in [0.2, 0.25) is 0 Å². The molecule has 0 N–H and O–H groups in total. The van der Waals surface area contributed by atoms with E-state index in [1.165, 1.54) is 6.92 Å². The van der Waals surface area contributed by atoms with Gasteiger partial charge in [0.25, 0.3) is 5.92 Å². The van der Waals surface area contributed by atoms with Crippen LogP contribution >= 0.6 is 0 Å². The minimum Gasteiger partial charge on any atom is -0.466 e. The van der Waals surface area contributed by atoms with E-state index in [-0.39, 0.29) is 5.97 Å². The van der Waals surface area contributed by atoms with Gasteiger partial charge in [0.1, 0.15) is 0 Å². The van der Waals surface area contributed by atoms with Crippen LogP contribution in [0.5, 0.6) is 0 Å². The van der Waals surface area contributed by atoms with Crippen LogP contribution < -0.4 is 0 Å². The predicted molar refractivity (Wildman–Crippen MR) is 68.7 cm³/mol. The van der Waals surface area contributed by atoms with Crippen LogP contribution in [-0.2, 0) is 9.53 Å². The molecule has 0 saturated heterocycles. The molecule has 0 heterocycles. The lowest BCUT2D eigenvalue weighted by atomic mass is 10.1. The van der Waals surface area contributed by atoms with E-state index in [9.17, 15) is 13.6 Å². The van der Waals surface area contributed by atoms with Gasteiger partial charge < -0.3 is 4.74 Å². The fraction of sp³-hybridized carbons (Fsp3) is 0.786. The van der Waals surface area contributed by atoms with Crippen LogP contribution in [-0.4, -0.2) is 18.5 Å². The smallest absolute Gasteiger partial charge is 0.302 e. The molecule has 0 unspecified atom stereocenters. The Kier molecular flexibility index (Phi) is 9.52. The molecular weight excluding hydrogens is 238 g/mol. The summed E-state index contributed by atoms with van der Waals surface area (Å²) in [7, 11) is 0. The van der Waals surface area contributed by atoms with Gasteiger partial charge in [0.05, 0.1) is 6.61 Å². The highest BCUT2D eigenvalue weighted by Crippen LogP contribution is 2.14. The Morgan fingerprint density at radius 1 is 1.11 bits per heavy atom. The van der Waals surface area contributed by atoms with E-state index >= 15 is 0 Å². The van der Waals surface area contributed by atoms with E-state index < -0.39 is 5.92 Å². The van der Waals surface area contributed by atoms with Crippen molar-refractivity contribution in [1.29, 1.82) is 0 Å². The number of esters is 1. The number of ether oxygens (including phenoxy) is 1. The van der Waals surface area contributed by atoms with Gasteiger partial charge in [-0.25, -0.2) is 8.78 Å². The van der Waals surface area contributed by atoms with Gasteiger partial charge in [-0.2, -0.15) is 0 Å². The van der Waals surface area contributed by atoms with Gasteiger partial charge in [-0.15, -0.1) is 0 Å². The Bertz CT molecular complexity index is 245. The molecule has 0 atom stereocenters. The third-order valence-electron chi connectivity index (χ3n) is 2.48. The molecule has 0 spiro atoms. The maximum absolute atomic E-state index is 12.4. The van der Waals surface area contributed by atoms with E-state index in [0.717, 1.165) is 57.9 Å². The SMILES string of the molecule is CC(=O)OCCCCCCCC/C=C/C(C)(F)F. The maximum atomic E-state index is 12.4. The summed E-state index contributed by atoms with van der Waals surface area (Å²) in [4.78, 5) is 10.5. The van der Waals surface area contributed by atoms with E-state index in [0.29, 0.717) is 6.61 Å². The molecule has 0 aliphatic rings. The number of hydrogen-bond donors (Lipinski definition) is 0. The van der Waals surface area contributed by atoms with Crippen molar-refractivity contribution in [3.63, 3.8) is 0 Å². The first-order valence-electron chi connectivity index (χ1n) is 6.61. The Balaban J connectivity index is 3.17. The third-order valence-corrected chi connectivity index (χ3v) is 2.48. The second-order valence-corrected chi connectivity index (χ2v) is 4.61. The van der Waals surface area contributed by atoms with E-state index in [1.54, 1.807) is 6.08 Å². The van der Waals surface area contributed by atoms with Crippen molar-refractivity contribution in [3.8, 4) is 0 Å². The number of carbonyl (C=O) groups is 1. The fourth-order valence-corrected chi connectivity index (χ4v) is 1.58. The Morgan fingerprint density at radius 3 is 2.22 bits per heavy atom. The molecule has 4 heteroatoms. The zero-order valence-electron chi connectivity index (χ0n) is 11.4. The van der Waals surface area contributed by atoms with Crippen molar-refractivity contribution in [2.45, 2.75) is 64.7 Å². The van der Waals surface area contributed by atoms with Crippen LogP contribution in [0.25, 0.3) is 0 Å². The average Bonchev–Trinajstić information content (AvgIpc) is 2.24. The summed E-state index contributed by atoms with van der Waals surface area (Å²) < 4.78 is 29.6. The summed E-state index contributed by atoms with van der Waals surface area (Å²) in [6, 6.07) is 0. The molecule has 0 aromatic carbocycles.